The smallest absolute Gasteiger partial charge is 0.284 e. The molecule has 0 radical (unpaired) electrons. The first-order valence-electron chi connectivity index (χ1n) is 9.57. The number of hydrogen-bond acceptors (Lipinski definition) is 5. The van der Waals surface area contributed by atoms with Gasteiger partial charge in [0.2, 0.25) is 10.0 Å². The number of hydrogen-bond donors (Lipinski definition) is 5. The van der Waals surface area contributed by atoms with Gasteiger partial charge in [0.15, 0.2) is 5.83 Å². The topological polar surface area (TPSA) is 139 Å². The summed E-state index contributed by atoms with van der Waals surface area (Å²) < 4.78 is 38.6. The summed E-state index contributed by atoms with van der Waals surface area (Å²) in [5, 5.41) is 15.3. The molecule has 0 saturated carbocycles. The van der Waals surface area contributed by atoms with Crippen LogP contribution in [-0.4, -0.2) is 20.2 Å². The van der Waals surface area contributed by atoms with Gasteiger partial charge >= 0.3 is 0 Å². The van der Waals surface area contributed by atoms with Crippen LogP contribution >= 0.6 is 12.6 Å². The second-order valence-corrected chi connectivity index (χ2v) is 9.17. The Morgan fingerprint density at radius 3 is 2.33 bits per heavy atom. The van der Waals surface area contributed by atoms with Crippen LogP contribution in [0.4, 0.5) is 10.1 Å². The van der Waals surface area contributed by atoms with Crippen LogP contribution in [0, 0.1) is 5.41 Å². The number of thiol groups is 1. The molecule has 3 aromatic carbocycles. The van der Waals surface area contributed by atoms with Gasteiger partial charge in [-0.05, 0) is 47.9 Å². The lowest BCUT2D eigenvalue weighted by Gasteiger charge is -2.12. The van der Waals surface area contributed by atoms with Crippen LogP contribution < -0.4 is 16.2 Å². The van der Waals surface area contributed by atoms with Crippen molar-refractivity contribution in [3.63, 3.8) is 0 Å². The van der Waals surface area contributed by atoms with Crippen molar-refractivity contribution in [3.05, 3.63) is 83.7 Å². The predicted molar refractivity (Wildman–Crippen MR) is 130 cm³/mol. The van der Waals surface area contributed by atoms with Gasteiger partial charge in [0, 0.05) is 16.0 Å². The number of amidine groups is 1. The molecule has 0 spiro atoms. The lowest BCUT2D eigenvalue weighted by atomic mass is 10.0. The Morgan fingerprint density at radius 2 is 1.70 bits per heavy atom. The van der Waals surface area contributed by atoms with E-state index in [2.05, 4.69) is 17.9 Å². The molecule has 0 aliphatic heterocycles. The number of primary sulfonamides is 1. The predicted octanol–water partition coefficient (Wildman–Crippen LogP) is 3.91. The highest BCUT2D eigenvalue weighted by Gasteiger charge is 2.18. The first-order chi connectivity index (χ1) is 15.5. The van der Waals surface area contributed by atoms with Crippen molar-refractivity contribution < 1.29 is 17.6 Å². The number of benzene rings is 3. The number of allylic oxidation sites excluding steroid dienone is 1. The number of anilines is 1. The molecule has 0 unspecified atom stereocenters. The van der Waals surface area contributed by atoms with Gasteiger partial charge in [0.1, 0.15) is 5.84 Å². The average Bonchev–Trinajstić information content (AvgIpc) is 2.78. The first kappa shape index (κ1) is 24.2. The standard InChI is InChI=1S/C23H21FN4O3S2/c1-13(14-5-4-6-16(11-14)22(25)26)21(24)23(29)28-18-10-9-15(12-19(18)32)17-7-2-3-8-20(17)33(27,30)31/h2-12,32H,1H3,(H3,25,26)(H,28,29)(H2,27,30,31)/b21-13+. The summed E-state index contributed by atoms with van der Waals surface area (Å²) in [4.78, 5) is 12.7. The van der Waals surface area contributed by atoms with Gasteiger partial charge in [-0.3, -0.25) is 10.2 Å². The summed E-state index contributed by atoms with van der Waals surface area (Å²) in [6, 6.07) is 17.2. The maximum atomic E-state index is 14.8. The second-order valence-electron chi connectivity index (χ2n) is 7.16. The van der Waals surface area contributed by atoms with Crippen molar-refractivity contribution in [1.29, 1.82) is 5.41 Å². The molecule has 0 aliphatic rings. The van der Waals surface area contributed by atoms with E-state index in [1.165, 1.54) is 25.1 Å². The Bertz CT molecular complexity index is 1400. The zero-order valence-corrected chi connectivity index (χ0v) is 19.2. The highest BCUT2D eigenvalue weighted by molar-refractivity contribution is 7.89. The van der Waals surface area contributed by atoms with Gasteiger partial charge in [-0.2, -0.15) is 0 Å². The van der Waals surface area contributed by atoms with E-state index < -0.39 is 21.8 Å². The Morgan fingerprint density at radius 1 is 1.03 bits per heavy atom. The molecule has 0 saturated heterocycles. The summed E-state index contributed by atoms with van der Waals surface area (Å²) in [7, 11) is -3.95. The number of amides is 1. The third-order valence-corrected chi connectivity index (χ3v) is 6.22. The highest BCUT2D eigenvalue weighted by Crippen LogP contribution is 2.32. The first-order valence-corrected chi connectivity index (χ1v) is 11.6. The summed E-state index contributed by atoms with van der Waals surface area (Å²) in [5.74, 6) is -2.15. The minimum Gasteiger partial charge on any atom is -0.384 e. The van der Waals surface area contributed by atoms with Crippen molar-refractivity contribution in [3.8, 4) is 11.1 Å². The van der Waals surface area contributed by atoms with Crippen molar-refractivity contribution >= 4 is 45.7 Å². The third kappa shape index (κ3) is 5.48. The van der Waals surface area contributed by atoms with Crippen molar-refractivity contribution in [2.75, 3.05) is 5.32 Å². The summed E-state index contributed by atoms with van der Waals surface area (Å²) in [6.45, 7) is 1.45. The van der Waals surface area contributed by atoms with Gasteiger partial charge in [-0.15, -0.1) is 12.6 Å². The Kier molecular flexibility index (Phi) is 7.01. The molecule has 7 nitrogen and oxygen atoms in total. The number of sulfonamides is 1. The largest absolute Gasteiger partial charge is 0.384 e. The molecule has 170 valence electrons. The van der Waals surface area contributed by atoms with Crippen LogP contribution in [0.1, 0.15) is 18.1 Å². The van der Waals surface area contributed by atoms with E-state index in [4.69, 9.17) is 16.3 Å². The number of nitrogens with two attached hydrogens (primary N) is 2. The molecule has 0 aromatic heterocycles. The number of carbonyl (C=O) groups excluding carboxylic acids is 1. The zero-order valence-electron chi connectivity index (χ0n) is 17.5. The number of nitrogen functional groups attached to an aromatic ring is 1. The molecule has 0 fully saturated rings. The normalized spacial score (nSPS) is 12.1. The van der Waals surface area contributed by atoms with Crippen LogP contribution in [0.25, 0.3) is 16.7 Å². The van der Waals surface area contributed by atoms with Crippen molar-refractivity contribution in [2.45, 2.75) is 16.7 Å². The van der Waals surface area contributed by atoms with Crippen LogP contribution in [0.15, 0.2) is 82.3 Å². The molecule has 0 heterocycles. The van der Waals surface area contributed by atoms with E-state index in [1.807, 2.05) is 0 Å². The molecule has 0 aliphatic carbocycles. The monoisotopic (exact) mass is 484 g/mol. The maximum absolute atomic E-state index is 14.8. The van der Waals surface area contributed by atoms with Gasteiger partial charge in [-0.1, -0.05) is 42.5 Å². The fourth-order valence-electron chi connectivity index (χ4n) is 3.15. The van der Waals surface area contributed by atoms with E-state index in [0.29, 0.717) is 27.1 Å². The van der Waals surface area contributed by atoms with E-state index in [1.54, 1.807) is 48.5 Å². The molecule has 0 bridgehead atoms. The van der Waals surface area contributed by atoms with Crippen LogP contribution in [0.2, 0.25) is 0 Å². The number of halogens is 1. The maximum Gasteiger partial charge on any atom is 0.284 e. The van der Waals surface area contributed by atoms with Gasteiger partial charge < -0.3 is 11.1 Å². The number of nitrogens with one attached hydrogen (secondary N) is 2. The average molecular weight is 485 g/mol. The Hall–Kier alpha value is -3.47. The van der Waals surface area contributed by atoms with Crippen molar-refractivity contribution in [2.24, 2.45) is 10.9 Å². The lowest BCUT2D eigenvalue weighted by molar-refractivity contribution is -0.114. The minimum atomic E-state index is -3.95. The summed E-state index contributed by atoms with van der Waals surface area (Å²) >= 11 is 4.35. The van der Waals surface area contributed by atoms with Gasteiger partial charge in [0.25, 0.3) is 5.91 Å². The Balaban J connectivity index is 1.89. The summed E-state index contributed by atoms with van der Waals surface area (Å²) in [6.07, 6.45) is 0. The second kappa shape index (κ2) is 9.57. The summed E-state index contributed by atoms with van der Waals surface area (Å²) in [5.41, 5.74) is 7.49. The van der Waals surface area contributed by atoms with Crippen LogP contribution in [0.5, 0.6) is 0 Å². The molecular formula is C23H21FN4O3S2. The minimum absolute atomic E-state index is 0.0492. The van der Waals surface area contributed by atoms with E-state index in [9.17, 15) is 17.6 Å². The highest BCUT2D eigenvalue weighted by atomic mass is 32.2. The molecule has 0 atom stereocenters. The fourth-order valence-corrected chi connectivity index (χ4v) is 4.18. The quantitative estimate of drug-likeness (QED) is 0.157. The van der Waals surface area contributed by atoms with Crippen LogP contribution in [0.3, 0.4) is 0 Å². The molecule has 10 heteroatoms. The van der Waals surface area contributed by atoms with Gasteiger partial charge in [-0.25, -0.2) is 17.9 Å². The Labute approximate surface area is 196 Å². The SMILES string of the molecule is C/C(=C(\F)C(=O)Nc1ccc(-c2ccccc2S(N)(=O)=O)cc1S)c1cccc(C(=N)N)c1. The molecule has 6 N–H and O–H groups in total. The third-order valence-electron chi connectivity index (χ3n) is 4.89. The molecule has 1 amide bonds. The van der Waals surface area contributed by atoms with E-state index >= 15 is 0 Å². The van der Waals surface area contributed by atoms with Crippen LogP contribution in [-0.2, 0) is 14.8 Å². The zero-order chi connectivity index (χ0) is 24.3. The van der Waals surface area contributed by atoms with Gasteiger partial charge in [0.05, 0.1) is 10.6 Å². The van der Waals surface area contributed by atoms with E-state index in [-0.39, 0.29) is 22.0 Å². The number of rotatable bonds is 6. The lowest BCUT2D eigenvalue weighted by Crippen LogP contribution is -2.14. The molecule has 3 aromatic rings. The van der Waals surface area contributed by atoms with E-state index in [0.717, 1.165) is 0 Å². The number of carbonyl (C=O) groups is 1. The van der Waals surface area contributed by atoms with Crippen molar-refractivity contribution in [1.82, 2.24) is 0 Å². The molecular weight excluding hydrogens is 463 g/mol. The molecule has 33 heavy (non-hydrogen) atoms. The molecule has 3 rings (SSSR count). The fraction of sp³-hybridized carbons (Fsp3) is 0.0435.